The van der Waals surface area contributed by atoms with Crippen molar-refractivity contribution in [2.75, 3.05) is 20.6 Å². The van der Waals surface area contributed by atoms with Gasteiger partial charge in [0.05, 0.1) is 0 Å². The molecule has 6 heteroatoms. The summed E-state index contributed by atoms with van der Waals surface area (Å²) < 4.78 is 0. The lowest BCUT2D eigenvalue weighted by Crippen LogP contribution is -2.30. The summed E-state index contributed by atoms with van der Waals surface area (Å²) in [5.41, 5.74) is 1.04. The predicted molar refractivity (Wildman–Crippen MR) is 78.8 cm³/mol. The molecule has 0 spiro atoms. The molecule has 1 aromatic rings. The number of rotatable bonds is 6. The van der Waals surface area contributed by atoms with E-state index in [2.05, 4.69) is 5.32 Å². The van der Waals surface area contributed by atoms with E-state index >= 15 is 0 Å². The molecular weight excluding hydrogens is 272 g/mol. The second kappa shape index (κ2) is 7.84. The molecule has 2 N–H and O–H groups in total. The maximum absolute atomic E-state index is 11.9. The molecule has 0 radical (unpaired) electrons. The van der Waals surface area contributed by atoms with Crippen molar-refractivity contribution < 1.29 is 19.5 Å². The first-order chi connectivity index (χ1) is 9.90. The summed E-state index contributed by atoms with van der Waals surface area (Å²) in [5, 5.41) is 11.2. The number of carboxylic acid groups (broad SMARTS) is 1. The number of carbonyl (C=O) groups is 3. The molecule has 0 heterocycles. The van der Waals surface area contributed by atoms with Gasteiger partial charge in [-0.05, 0) is 23.8 Å². The van der Waals surface area contributed by atoms with Gasteiger partial charge in [-0.15, -0.1) is 0 Å². The SMILES string of the molecule is CN(C)C(=O)CCNC(=O)c1cccc(C=CC(=O)O)c1. The molecular formula is C15H18N2O4. The van der Waals surface area contributed by atoms with E-state index < -0.39 is 5.97 Å². The van der Waals surface area contributed by atoms with Gasteiger partial charge in [0.15, 0.2) is 0 Å². The van der Waals surface area contributed by atoms with Crippen LogP contribution in [0.5, 0.6) is 0 Å². The van der Waals surface area contributed by atoms with Crippen molar-refractivity contribution in [3.63, 3.8) is 0 Å². The Morgan fingerprint density at radius 3 is 2.62 bits per heavy atom. The van der Waals surface area contributed by atoms with Gasteiger partial charge in [0.25, 0.3) is 5.91 Å². The van der Waals surface area contributed by atoms with Crippen LogP contribution in [-0.4, -0.2) is 48.4 Å². The third-order valence-electron chi connectivity index (χ3n) is 2.69. The lowest BCUT2D eigenvalue weighted by atomic mass is 10.1. The molecule has 0 aromatic heterocycles. The predicted octanol–water partition coefficient (Wildman–Crippen LogP) is 0.992. The number of hydrogen-bond acceptors (Lipinski definition) is 3. The normalized spacial score (nSPS) is 10.4. The molecule has 6 nitrogen and oxygen atoms in total. The molecule has 112 valence electrons. The Labute approximate surface area is 123 Å². The summed E-state index contributed by atoms with van der Waals surface area (Å²) in [7, 11) is 3.31. The van der Waals surface area contributed by atoms with Crippen molar-refractivity contribution in [3.05, 3.63) is 41.5 Å². The van der Waals surface area contributed by atoms with Crippen LogP contribution in [-0.2, 0) is 9.59 Å². The molecule has 0 saturated heterocycles. The average molecular weight is 290 g/mol. The van der Waals surface area contributed by atoms with Gasteiger partial charge in [-0.1, -0.05) is 12.1 Å². The fourth-order valence-corrected chi connectivity index (χ4v) is 1.56. The van der Waals surface area contributed by atoms with Gasteiger partial charge in [-0.25, -0.2) is 4.79 Å². The van der Waals surface area contributed by atoms with Gasteiger partial charge in [0.2, 0.25) is 5.91 Å². The summed E-state index contributed by atoms with van der Waals surface area (Å²) in [5.74, 6) is -1.41. The summed E-state index contributed by atoms with van der Waals surface area (Å²) in [6.07, 6.45) is 2.65. The van der Waals surface area contributed by atoms with Crippen molar-refractivity contribution in [1.82, 2.24) is 10.2 Å². The van der Waals surface area contributed by atoms with E-state index in [1.165, 1.54) is 11.0 Å². The molecule has 0 saturated carbocycles. The van der Waals surface area contributed by atoms with Crippen LogP contribution in [0.4, 0.5) is 0 Å². The molecule has 0 atom stereocenters. The third-order valence-corrected chi connectivity index (χ3v) is 2.69. The zero-order valence-corrected chi connectivity index (χ0v) is 12.0. The summed E-state index contributed by atoms with van der Waals surface area (Å²) in [6.45, 7) is 0.255. The number of amides is 2. The van der Waals surface area contributed by atoms with Crippen LogP contribution in [0.15, 0.2) is 30.3 Å². The highest BCUT2D eigenvalue weighted by Gasteiger charge is 2.07. The molecule has 0 aliphatic heterocycles. The first-order valence-electron chi connectivity index (χ1n) is 6.39. The van der Waals surface area contributed by atoms with Gasteiger partial charge in [-0.3, -0.25) is 9.59 Å². The number of hydrogen-bond donors (Lipinski definition) is 2. The molecule has 0 unspecified atom stereocenters. The highest BCUT2D eigenvalue weighted by Crippen LogP contribution is 2.07. The Kier molecular flexibility index (Phi) is 6.13. The zero-order valence-electron chi connectivity index (χ0n) is 12.0. The Morgan fingerprint density at radius 2 is 2.00 bits per heavy atom. The molecule has 2 amide bonds. The zero-order chi connectivity index (χ0) is 15.8. The van der Waals surface area contributed by atoms with E-state index in [1.807, 2.05) is 0 Å². The summed E-state index contributed by atoms with van der Waals surface area (Å²) in [6, 6.07) is 6.58. The van der Waals surface area contributed by atoms with Gasteiger partial charge >= 0.3 is 5.97 Å². The monoisotopic (exact) mass is 290 g/mol. The van der Waals surface area contributed by atoms with Crippen LogP contribution >= 0.6 is 0 Å². The average Bonchev–Trinajstić information content (AvgIpc) is 2.45. The number of carbonyl (C=O) groups excluding carboxylic acids is 2. The van der Waals surface area contributed by atoms with Crippen LogP contribution in [0.3, 0.4) is 0 Å². The van der Waals surface area contributed by atoms with Gasteiger partial charge < -0.3 is 15.3 Å². The smallest absolute Gasteiger partial charge is 0.328 e. The minimum Gasteiger partial charge on any atom is -0.478 e. The largest absolute Gasteiger partial charge is 0.478 e. The molecule has 0 bridgehead atoms. The highest BCUT2D eigenvalue weighted by atomic mass is 16.4. The van der Waals surface area contributed by atoms with Crippen LogP contribution in [0.25, 0.3) is 6.08 Å². The fraction of sp³-hybridized carbons (Fsp3) is 0.267. The number of benzene rings is 1. The van der Waals surface area contributed by atoms with Gasteiger partial charge in [0.1, 0.15) is 0 Å². The van der Waals surface area contributed by atoms with E-state index in [-0.39, 0.29) is 24.8 Å². The lowest BCUT2D eigenvalue weighted by molar-refractivity contribution is -0.131. The Morgan fingerprint density at radius 1 is 1.29 bits per heavy atom. The second-order valence-corrected chi connectivity index (χ2v) is 4.59. The van der Waals surface area contributed by atoms with Crippen molar-refractivity contribution in [1.29, 1.82) is 0 Å². The van der Waals surface area contributed by atoms with E-state index in [1.54, 1.807) is 38.4 Å². The summed E-state index contributed by atoms with van der Waals surface area (Å²) >= 11 is 0. The Hall–Kier alpha value is -2.63. The molecule has 1 rings (SSSR count). The lowest BCUT2D eigenvalue weighted by Gasteiger charge is -2.10. The molecule has 21 heavy (non-hydrogen) atoms. The van der Waals surface area contributed by atoms with Gasteiger partial charge in [-0.2, -0.15) is 0 Å². The van der Waals surface area contributed by atoms with Crippen LogP contribution in [0, 0.1) is 0 Å². The number of aliphatic carboxylic acids is 1. The van der Waals surface area contributed by atoms with E-state index in [0.717, 1.165) is 6.08 Å². The quantitative estimate of drug-likeness (QED) is 0.765. The summed E-state index contributed by atoms with van der Waals surface area (Å²) in [4.78, 5) is 35.2. The Bertz CT molecular complexity index is 565. The Balaban J connectivity index is 2.60. The van der Waals surface area contributed by atoms with Gasteiger partial charge in [0, 0.05) is 38.7 Å². The maximum Gasteiger partial charge on any atom is 0.328 e. The minimum atomic E-state index is -1.05. The first-order valence-corrected chi connectivity index (χ1v) is 6.39. The standard InChI is InChI=1S/C15H18N2O4/c1-17(2)13(18)8-9-16-15(21)12-5-3-4-11(10-12)6-7-14(19)20/h3-7,10H,8-9H2,1-2H3,(H,16,21)(H,19,20). The number of nitrogens with zero attached hydrogens (tertiary/aromatic N) is 1. The third kappa shape index (κ3) is 5.90. The number of carboxylic acids is 1. The van der Waals surface area contributed by atoms with Crippen LogP contribution < -0.4 is 5.32 Å². The van der Waals surface area contributed by atoms with E-state index in [0.29, 0.717) is 11.1 Å². The van der Waals surface area contributed by atoms with Crippen molar-refractivity contribution in [3.8, 4) is 0 Å². The van der Waals surface area contributed by atoms with Crippen molar-refractivity contribution >= 4 is 23.9 Å². The topological polar surface area (TPSA) is 86.7 Å². The van der Waals surface area contributed by atoms with E-state index in [4.69, 9.17) is 5.11 Å². The first kappa shape index (κ1) is 16.4. The molecule has 0 aliphatic rings. The molecule has 0 aliphatic carbocycles. The van der Waals surface area contributed by atoms with Crippen molar-refractivity contribution in [2.45, 2.75) is 6.42 Å². The number of nitrogens with one attached hydrogen (secondary N) is 1. The molecule has 1 aromatic carbocycles. The van der Waals surface area contributed by atoms with E-state index in [9.17, 15) is 14.4 Å². The maximum atomic E-state index is 11.9. The van der Waals surface area contributed by atoms with Crippen LogP contribution in [0.2, 0.25) is 0 Å². The van der Waals surface area contributed by atoms with Crippen molar-refractivity contribution in [2.24, 2.45) is 0 Å². The van der Waals surface area contributed by atoms with Crippen LogP contribution in [0.1, 0.15) is 22.3 Å². The highest BCUT2D eigenvalue weighted by molar-refractivity contribution is 5.95. The molecule has 0 fully saturated rings. The fourth-order valence-electron chi connectivity index (χ4n) is 1.56. The minimum absolute atomic E-state index is 0.0616. The second-order valence-electron chi connectivity index (χ2n) is 4.59.